The van der Waals surface area contributed by atoms with E-state index in [-0.39, 0.29) is 17.4 Å². The van der Waals surface area contributed by atoms with Gasteiger partial charge in [-0.3, -0.25) is 4.21 Å². The standard InChI is InChI=1S/C30H33Cl2N3O2S/c1-34(29(36)33-24-7-3-2-4-8-24)20-23(22-11-12-26(31)27(32)19-22)13-16-35-17-14-30(15-18-35)21-38(37)28-10-6-5-9-25(28)30/h2-12,19,23H,13-18,20-21H2,1H3,(H,33,36)/t23-,38?/m1/s1. The summed E-state index contributed by atoms with van der Waals surface area (Å²) in [6.07, 6.45) is 2.93. The zero-order valence-electron chi connectivity index (χ0n) is 21.5. The summed E-state index contributed by atoms with van der Waals surface area (Å²) in [5, 5.41) is 4.02. The van der Waals surface area contributed by atoms with Gasteiger partial charge in [0.05, 0.1) is 20.8 Å². The van der Waals surface area contributed by atoms with Gasteiger partial charge in [0.2, 0.25) is 0 Å². The SMILES string of the molecule is CN(C[C@@H](CCN1CCC2(CC1)CS(=O)c1ccccc12)c1ccc(Cl)c(Cl)c1)C(=O)Nc1ccccc1. The summed E-state index contributed by atoms with van der Waals surface area (Å²) in [5.41, 5.74) is 3.17. The molecule has 1 saturated heterocycles. The predicted molar refractivity (Wildman–Crippen MR) is 157 cm³/mol. The Morgan fingerprint density at radius 1 is 1.03 bits per heavy atom. The molecule has 0 aromatic heterocycles. The molecule has 0 radical (unpaired) electrons. The second kappa shape index (κ2) is 11.8. The van der Waals surface area contributed by atoms with Crippen molar-refractivity contribution >= 4 is 45.7 Å². The maximum absolute atomic E-state index is 12.9. The number of hydrogen-bond acceptors (Lipinski definition) is 3. The Bertz CT molecular complexity index is 1310. The van der Waals surface area contributed by atoms with Crippen LogP contribution in [0.5, 0.6) is 0 Å². The van der Waals surface area contributed by atoms with Gasteiger partial charge in [-0.25, -0.2) is 4.79 Å². The number of halogens is 2. The number of para-hydroxylation sites is 1. The summed E-state index contributed by atoms with van der Waals surface area (Å²) in [5.74, 6) is 0.847. The van der Waals surface area contributed by atoms with Crippen molar-refractivity contribution in [1.82, 2.24) is 9.80 Å². The molecule has 0 bridgehead atoms. The third kappa shape index (κ3) is 5.94. The Balaban J connectivity index is 1.24. The molecule has 1 spiro atoms. The molecule has 2 heterocycles. The van der Waals surface area contributed by atoms with Crippen molar-refractivity contribution in [3.63, 3.8) is 0 Å². The largest absolute Gasteiger partial charge is 0.327 e. The van der Waals surface area contributed by atoms with Crippen molar-refractivity contribution in [2.75, 3.05) is 44.3 Å². The number of likely N-dealkylation sites (tertiary alicyclic amines) is 1. The summed E-state index contributed by atoms with van der Waals surface area (Å²) in [7, 11) is 0.927. The summed E-state index contributed by atoms with van der Waals surface area (Å²) >= 11 is 12.6. The van der Waals surface area contributed by atoms with Crippen LogP contribution in [-0.2, 0) is 16.2 Å². The molecule has 8 heteroatoms. The third-order valence-corrected chi connectivity index (χ3v) is 10.4. The van der Waals surface area contributed by atoms with E-state index in [1.807, 2.05) is 67.7 Å². The van der Waals surface area contributed by atoms with Crippen LogP contribution in [0.2, 0.25) is 10.0 Å². The molecule has 200 valence electrons. The Kier molecular flexibility index (Phi) is 8.44. The molecule has 2 aliphatic rings. The van der Waals surface area contributed by atoms with Crippen molar-refractivity contribution in [2.24, 2.45) is 0 Å². The molecule has 38 heavy (non-hydrogen) atoms. The van der Waals surface area contributed by atoms with E-state index in [1.165, 1.54) is 5.56 Å². The van der Waals surface area contributed by atoms with Crippen LogP contribution in [0.1, 0.15) is 36.3 Å². The van der Waals surface area contributed by atoms with Crippen molar-refractivity contribution in [2.45, 2.75) is 35.5 Å². The van der Waals surface area contributed by atoms with Crippen molar-refractivity contribution in [3.8, 4) is 0 Å². The molecule has 3 aromatic carbocycles. The van der Waals surface area contributed by atoms with Crippen LogP contribution in [0.15, 0.2) is 77.7 Å². The molecule has 2 amide bonds. The van der Waals surface area contributed by atoms with Gasteiger partial charge < -0.3 is 15.1 Å². The lowest BCUT2D eigenvalue weighted by molar-refractivity contribution is 0.164. The number of hydrogen-bond donors (Lipinski definition) is 1. The van der Waals surface area contributed by atoms with E-state index >= 15 is 0 Å². The molecule has 0 aliphatic carbocycles. The average Bonchev–Trinajstić information content (AvgIpc) is 3.20. The van der Waals surface area contributed by atoms with E-state index in [4.69, 9.17) is 23.2 Å². The molecule has 1 unspecified atom stereocenters. The number of rotatable bonds is 7. The van der Waals surface area contributed by atoms with Crippen LogP contribution in [0, 0.1) is 0 Å². The van der Waals surface area contributed by atoms with Gasteiger partial charge in [-0.05, 0) is 80.4 Å². The molecule has 3 aromatic rings. The minimum atomic E-state index is -0.898. The van der Waals surface area contributed by atoms with Gasteiger partial charge in [-0.1, -0.05) is 65.7 Å². The van der Waals surface area contributed by atoms with E-state index in [0.717, 1.165) is 60.8 Å². The van der Waals surface area contributed by atoms with Crippen LogP contribution in [0.3, 0.4) is 0 Å². The van der Waals surface area contributed by atoms with Crippen LogP contribution < -0.4 is 5.32 Å². The third-order valence-electron chi connectivity index (χ3n) is 8.00. The smallest absolute Gasteiger partial charge is 0.321 e. The molecule has 2 aliphatic heterocycles. The van der Waals surface area contributed by atoms with Gasteiger partial charge in [-0.15, -0.1) is 0 Å². The number of carbonyl (C=O) groups excluding carboxylic acids is 1. The zero-order valence-corrected chi connectivity index (χ0v) is 23.9. The number of carbonyl (C=O) groups is 1. The molecule has 1 N–H and O–H groups in total. The van der Waals surface area contributed by atoms with Gasteiger partial charge in [0.25, 0.3) is 0 Å². The predicted octanol–water partition coefficient (Wildman–Crippen LogP) is 6.79. The highest BCUT2D eigenvalue weighted by molar-refractivity contribution is 7.85. The highest BCUT2D eigenvalue weighted by atomic mass is 35.5. The number of amides is 2. The number of nitrogens with zero attached hydrogens (tertiary/aromatic N) is 2. The quantitative estimate of drug-likeness (QED) is 0.341. The minimum absolute atomic E-state index is 0.0385. The molecule has 1 fully saturated rings. The number of nitrogens with one attached hydrogen (secondary N) is 1. The Morgan fingerprint density at radius 3 is 2.47 bits per heavy atom. The van der Waals surface area contributed by atoms with Crippen LogP contribution >= 0.6 is 23.2 Å². The molecule has 5 rings (SSSR count). The zero-order chi connectivity index (χ0) is 26.7. The van der Waals surface area contributed by atoms with Crippen molar-refractivity contribution in [3.05, 3.63) is 94.0 Å². The molecule has 5 nitrogen and oxygen atoms in total. The van der Waals surface area contributed by atoms with Gasteiger partial charge in [0, 0.05) is 41.3 Å². The van der Waals surface area contributed by atoms with Crippen LogP contribution in [0.4, 0.5) is 10.5 Å². The first-order valence-electron chi connectivity index (χ1n) is 13.1. The average molecular weight is 571 g/mol. The summed E-state index contributed by atoms with van der Waals surface area (Å²) < 4.78 is 12.8. The van der Waals surface area contributed by atoms with Crippen LogP contribution in [-0.4, -0.2) is 59.0 Å². The molecule has 2 atom stereocenters. The van der Waals surface area contributed by atoms with Crippen molar-refractivity contribution < 1.29 is 9.00 Å². The van der Waals surface area contributed by atoms with E-state index in [2.05, 4.69) is 22.3 Å². The number of anilines is 1. The highest BCUT2D eigenvalue weighted by Crippen LogP contribution is 2.45. The lowest BCUT2D eigenvalue weighted by Crippen LogP contribution is -2.44. The number of fused-ring (bicyclic) bond motifs is 2. The number of likely N-dealkylation sites (N-methyl/N-ethyl adjacent to an activating group) is 1. The second-order valence-corrected chi connectivity index (χ2v) is 12.7. The Hall–Kier alpha value is -2.38. The lowest BCUT2D eigenvalue weighted by atomic mass is 9.74. The fraction of sp³-hybridized carbons (Fsp3) is 0.367. The van der Waals surface area contributed by atoms with Gasteiger partial charge in [0.1, 0.15) is 0 Å². The van der Waals surface area contributed by atoms with Gasteiger partial charge >= 0.3 is 6.03 Å². The molecular formula is C30H33Cl2N3O2S. The monoisotopic (exact) mass is 569 g/mol. The lowest BCUT2D eigenvalue weighted by Gasteiger charge is -2.40. The number of piperidine rings is 1. The first-order valence-corrected chi connectivity index (χ1v) is 15.1. The Labute approximate surface area is 237 Å². The molecule has 0 saturated carbocycles. The van der Waals surface area contributed by atoms with E-state index in [1.54, 1.807) is 4.90 Å². The van der Waals surface area contributed by atoms with E-state index in [9.17, 15) is 9.00 Å². The van der Waals surface area contributed by atoms with E-state index < -0.39 is 10.8 Å². The Morgan fingerprint density at radius 2 is 1.74 bits per heavy atom. The fourth-order valence-electron chi connectivity index (χ4n) is 5.75. The topological polar surface area (TPSA) is 52.7 Å². The minimum Gasteiger partial charge on any atom is -0.327 e. The maximum atomic E-state index is 12.9. The summed E-state index contributed by atoms with van der Waals surface area (Å²) in [6.45, 7) is 3.43. The number of benzene rings is 3. The van der Waals surface area contributed by atoms with E-state index in [0.29, 0.717) is 16.6 Å². The second-order valence-electron chi connectivity index (χ2n) is 10.4. The highest BCUT2D eigenvalue weighted by Gasteiger charge is 2.44. The van der Waals surface area contributed by atoms with Crippen molar-refractivity contribution in [1.29, 1.82) is 0 Å². The van der Waals surface area contributed by atoms with Crippen LogP contribution in [0.25, 0.3) is 0 Å². The fourth-order valence-corrected chi connectivity index (χ4v) is 7.92. The summed E-state index contributed by atoms with van der Waals surface area (Å²) in [4.78, 5) is 18.2. The summed E-state index contributed by atoms with van der Waals surface area (Å²) in [6, 6.07) is 23.4. The maximum Gasteiger partial charge on any atom is 0.321 e. The number of urea groups is 1. The first kappa shape index (κ1) is 27.2. The molecular weight excluding hydrogens is 537 g/mol. The van der Waals surface area contributed by atoms with Gasteiger partial charge in [-0.2, -0.15) is 0 Å². The van der Waals surface area contributed by atoms with Gasteiger partial charge in [0.15, 0.2) is 0 Å². The first-order chi connectivity index (χ1) is 18.3. The normalized spacial score (nSPS) is 19.2.